The first-order chi connectivity index (χ1) is 17.6. The number of para-hydroxylation sites is 2. The van der Waals surface area contributed by atoms with Crippen molar-refractivity contribution in [2.75, 3.05) is 0 Å². The van der Waals surface area contributed by atoms with E-state index >= 15 is 0 Å². The second kappa shape index (κ2) is 10.3. The van der Waals surface area contributed by atoms with Gasteiger partial charge in [0.05, 0.1) is 16.6 Å². The summed E-state index contributed by atoms with van der Waals surface area (Å²) in [5.41, 5.74) is 3.62. The third-order valence-electron chi connectivity index (χ3n) is 6.03. The van der Waals surface area contributed by atoms with Gasteiger partial charge in [-0.25, -0.2) is 9.78 Å². The van der Waals surface area contributed by atoms with Gasteiger partial charge in [0, 0.05) is 17.2 Å². The summed E-state index contributed by atoms with van der Waals surface area (Å²) in [6.45, 7) is 0.446. The molecule has 0 bridgehead atoms. The molecule has 0 aliphatic heterocycles. The zero-order valence-corrected chi connectivity index (χ0v) is 19.4. The number of nitrogens with zero attached hydrogens (tertiary/aromatic N) is 1. The average Bonchev–Trinajstić information content (AvgIpc) is 2.91. The molecule has 0 fully saturated rings. The van der Waals surface area contributed by atoms with E-state index in [0.717, 1.165) is 11.1 Å². The summed E-state index contributed by atoms with van der Waals surface area (Å²) >= 11 is 0. The number of hydrogen-bond donors (Lipinski definition) is 2. The minimum Gasteiger partial charge on any atom is -0.489 e. The van der Waals surface area contributed by atoms with Crippen molar-refractivity contribution < 1.29 is 19.4 Å². The molecule has 6 nitrogen and oxygen atoms in total. The van der Waals surface area contributed by atoms with Crippen molar-refractivity contribution in [3.8, 4) is 5.75 Å². The average molecular weight is 477 g/mol. The topological polar surface area (TPSA) is 88.5 Å². The van der Waals surface area contributed by atoms with E-state index in [1.807, 2.05) is 103 Å². The number of amides is 1. The van der Waals surface area contributed by atoms with E-state index in [-0.39, 0.29) is 6.42 Å². The minimum absolute atomic E-state index is 0.140. The molecule has 1 amide bonds. The predicted octanol–water partition coefficient (Wildman–Crippen LogP) is 5.39. The number of carbonyl (C=O) groups is 2. The summed E-state index contributed by atoms with van der Waals surface area (Å²) in [6, 6.07) is 30.7. The van der Waals surface area contributed by atoms with Gasteiger partial charge in [0.15, 0.2) is 0 Å². The maximum Gasteiger partial charge on any atom is 0.326 e. The molecule has 5 aromatic rings. The van der Waals surface area contributed by atoms with E-state index in [0.29, 0.717) is 39.7 Å². The summed E-state index contributed by atoms with van der Waals surface area (Å²) in [4.78, 5) is 30.1. The maximum absolute atomic E-state index is 13.4. The summed E-state index contributed by atoms with van der Waals surface area (Å²) in [5, 5.41) is 14.0. The Morgan fingerprint density at radius 2 is 1.33 bits per heavy atom. The van der Waals surface area contributed by atoms with Crippen LogP contribution in [0.3, 0.4) is 0 Å². The van der Waals surface area contributed by atoms with Crippen LogP contribution in [0.2, 0.25) is 0 Å². The predicted molar refractivity (Wildman–Crippen MR) is 139 cm³/mol. The number of aliphatic carboxylic acids is 1. The van der Waals surface area contributed by atoms with Crippen LogP contribution in [-0.4, -0.2) is 28.0 Å². The Balaban J connectivity index is 1.34. The first-order valence-electron chi connectivity index (χ1n) is 11.7. The van der Waals surface area contributed by atoms with Gasteiger partial charge in [0.25, 0.3) is 5.91 Å². The van der Waals surface area contributed by atoms with E-state index in [9.17, 15) is 14.7 Å². The molecular formula is C30H24N2O4. The molecule has 0 aliphatic rings. The van der Waals surface area contributed by atoms with Gasteiger partial charge in [0.1, 0.15) is 18.4 Å². The number of ether oxygens (including phenoxy) is 1. The molecule has 1 atom stereocenters. The fourth-order valence-corrected chi connectivity index (χ4v) is 4.21. The molecule has 6 heteroatoms. The molecule has 4 aromatic carbocycles. The second-order valence-electron chi connectivity index (χ2n) is 8.51. The van der Waals surface area contributed by atoms with Gasteiger partial charge in [-0.1, -0.05) is 78.9 Å². The van der Waals surface area contributed by atoms with E-state index in [1.54, 1.807) is 0 Å². The quantitative estimate of drug-likeness (QED) is 0.293. The molecular weight excluding hydrogens is 452 g/mol. The number of carboxylic acid groups (broad SMARTS) is 1. The summed E-state index contributed by atoms with van der Waals surface area (Å²) in [7, 11) is 0. The number of carboxylic acids is 1. The van der Waals surface area contributed by atoms with E-state index < -0.39 is 17.9 Å². The highest BCUT2D eigenvalue weighted by atomic mass is 16.5. The SMILES string of the molecule is O=C(N[C@H](Cc1ccc(OCc2ccccc2)cc1)C(=O)O)c1c2ccccc2nc2ccccc12. The van der Waals surface area contributed by atoms with Gasteiger partial charge in [-0.05, 0) is 35.4 Å². The lowest BCUT2D eigenvalue weighted by molar-refractivity contribution is -0.139. The fraction of sp³-hybridized carbons (Fsp3) is 0.100. The third-order valence-corrected chi connectivity index (χ3v) is 6.03. The van der Waals surface area contributed by atoms with Crippen LogP contribution in [0.5, 0.6) is 5.75 Å². The molecule has 36 heavy (non-hydrogen) atoms. The Morgan fingerprint density at radius 3 is 1.94 bits per heavy atom. The standard InChI is InChI=1S/C30H24N2O4/c33-29(28-23-10-4-6-12-25(23)31-26-13-7-5-11-24(26)28)32-27(30(34)35)18-20-14-16-22(17-15-20)36-19-21-8-2-1-3-9-21/h1-17,27H,18-19H2,(H,32,33)(H,34,35)/t27-/m1/s1. The van der Waals surface area contributed by atoms with Crippen LogP contribution >= 0.6 is 0 Å². The molecule has 2 N–H and O–H groups in total. The van der Waals surface area contributed by atoms with Crippen molar-refractivity contribution in [2.24, 2.45) is 0 Å². The van der Waals surface area contributed by atoms with Crippen LogP contribution in [0.15, 0.2) is 103 Å². The number of carbonyl (C=O) groups excluding carboxylic acids is 1. The summed E-state index contributed by atoms with van der Waals surface area (Å²) < 4.78 is 5.81. The first-order valence-corrected chi connectivity index (χ1v) is 11.7. The molecule has 0 saturated carbocycles. The van der Waals surface area contributed by atoms with Gasteiger partial charge in [-0.3, -0.25) is 4.79 Å². The number of pyridine rings is 1. The molecule has 1 heterocycles. The third kappa shape index (κ3) is 5.03. The van der Waals surface area contributed by atoms with Crippen LogP contribution in [0, 0.1) is 0 Å². The molecule has 0 saturated heterocycles. The van der Waals surface area contributed by atoms with Crippen LogP contribution in [0.4, 0.5) is 0 Å². The molecule has 0 unspecified atom stereocenters. The van der Waals surface area contributed by atoms with E-state index in [1.165, 1.54) is 0 Å². The Morgan fingerprint density at radius 1 is 0.750 bits per heavy atom. The fourth-order valence-electron chi connectivity index (χ4n) is 4.21. The molecule has 5 rings (SSSR count). The Bertz CT molecular complexity index is 1480. The van der Waals surface area contributed by atoms with Crippen molar-refractivity contribution in [1.29, 1.82) is 0 Å². The minimum atomic E-state index is -1.10. The normalized spacial score (nSPS) is 11.8. The summed E-state index contributed by atoms with van der Waals surface area (Å²) in [5.74, 6) is -0.858. The van der Waals surface area contributed by atoms with Gasteiger partial charge in [0.2, 0.25) is 0 Å². The molecule has 0 spiro atoms. The Hall–Kier alpha value is -4.71. The van der Waals surface area contributed by atoms with Crippen molar-refractivity contribution in [3.63, 3.8) is 0 Å². The number of hydrogen-bond acceptors (Lipinski definition) is 4. The Kier molecular flexibility index (Phi) is 6.58. The maximum atomic E-state index is 13.4. The molecule has 1 aromatic heterocycles. The highest BCUT2D eigenvalue weighted by Crippen LogP contribution is 2.26. The first kappa shape index (κ1) is 23.1. The summed E-state index contributed by atoms with van der Waals surface area (Å²) in [6.07, 6.45) is 0.140. The van der Waals surface area contributed by atoms with Crippen molar-refractivity contribution in [3.05, 3.63) is 120 Å². The number of rotatable bonds is 8. The highest BCUT2D eigenvalue weighted by molar-refractivity contribution is 6.16. The Labute approximate surface area is 208 Å². The van der Waals surface area contributed by atoms with Crippen LogP contribution in [0.25, 0.3) is 21.8 Å². The number of aromatic nitrogens is 1. The largest absolute Gasteiger partial charge is 0.489 e. The van der Waals surface area contributed by atoms with Crippen LogP contribution < -0.4 is 10.1 Å². The molecule has 178 valence electrons. The van der Waals surface area contributed by atoms with Gasteiger partial charge >= 0.3 is 5.97 Å². The lowest BCUT2D eigenvalue weighted by atomic mass is 10.0. The monoisotopic (exact) mass is 476 g/mol. The zero-order chi connectivity index (χ0) is 24.9. The highest BCUT2D eigenvalue weighted by Gasteiger charge is 2.24. The van der Waals surface area contributed by atoms with Crippen molar-refractivity contribution in [1.82, 2.24) is 10.3 Å². The van der Waals surface area contributed by atoms with Gasteiger partial charge < -0.3 is 15.2 Å². The van der Waals surface area contributed by atoms with E-state index in [2.05, 4.69) is 10.3 Å². The lowest BCUT2D eigenvalue weighted by Crippen LogP contribution is -2.42. The molecule has 0 radical (unpaired) electrons. The van der Waals surface area contributed by atoms with Gasteiger partial charge in [-0.15, -0.1) is 0 Å². The van der Waals surface area contributed by atoms with Crippen LogP contribution in [0.1, 0.15) is 21.5 Å². The zero-order valence-electron chi connectivity index (χ0n) is 19.4. The van der Waals surface area contributed by atoms with Gasteiger partial charge in [-0.2, -0.15) is 0 Å². The van der Waals surface area contributed by atoms with Crippen molar-refractivity contribution in [2.45, 2.75) is 19.1 Å². The smallest absolute Gasteiger partial charge is 0.326 e. The lowest BCUT2D eigenvalue weighted by Gasteiger charge is -2.17. The van der Waals surface area contributed by atoms with E-state index in [4.69, 9.17) is 4.74 Å². The van der Waals surface area contributed by atoms with Crippen LogP contribution in [-0.2, 0) is 17.8 Å². The molecule has 0 aliphatic carbocycles. The van der Waals surface area contributed by atoms with Crippen molar-refractivity contribution >= 4 is 33.7 Å². The number of benzene rings is 4. The number of fused-ring (bicyclic) bond motifs is 2. The number of nitrogens with one attached hydrogen (secondary N) is 1. The second-order valence-corrected chi connectivity index (χ2v) is 8.51.